The lowest BCUT2D eigenvalue weighted by Crippen LogP contribution is -2.48. The van der Waals surface area contributed by atoms with Gasteiger partial charge in [0.05, 0.1) is 29.2 Å². The maximum Gasteiger partial charge on any atom is 0.290 e. The maximum atomic E-state index is 15.3. The Balaban J connectivity index is 1.30. The molecule has 1 N–H and O–H groups in total. The molecule has 0 atom stereocenters. The summed E-state index contributed by atoms with van der Waals surface area (Å²) in [5, 5.41) is 12.5. The number of rotatable bonds is 8. The van der Waals surface area contributed by atoms with Crippen molar-refractivity contribution in [2.75, 3.05) is 25.0 Å². The zero-order valence-corrected chi connectivity index (χ0v) is 27.9. The minimum atomic E-state index is -0.582. The molecule has 0 unspecified atom stereocenters. The Kier molecular flexibility index (Phi) is 8.21. The molecule has 47 heavy (non-hydrogen) atoms. The number of fused-ring (bicyclic) bond motifs is 1. The Labute approximate surface area is 272 Å². The highest BCUT2D eigenvalue weighted by Gasteiger charge is 2.27. The first-order valence-corrected chi connectivity index (χ1v) is 15.8. The van der Waals surface area contributed by atoms with Crippen molar-refractivity contribution in [1.82, 2.24) is 29.4 Å². The van der Waals surface area contributed by atoms with Gasteiger partial charge in [-0.1, -0.05) is 32.9 Å². The van der Waals surface area contributed by atoms with Gasteiger partial charge in [-0.25, -0.2) is 14.1 Å². The Morgan fingerprint density at radius 3 is 2.40 bits per heavy atom. The fourth-order valence-corrected chi connectivity index (χ4v) is 5.88. The summed E-state index contributed by atoms with van der Waals surface area (Å²) >= 11 is 0. The van der Waals surface area contributed by atoms with Crippen LogP contribution in [0.4, 0.5) is 15.9 Å². The molecule has 4 heterocycles. The molecule has 10 nitrogen and oxygen atoms in total. The molecule has 1 fully saturated rings. The van der Waals surface area contributed by atoms with Crippen LogP contribution >= 0.6 is 0 Å². The number of pyridine rings is 1. The minimum absolute atomic E-state index is 0.0202. The summed E-state index contributed by atoms with van der Waals surface area (Å²) in [5.41, 5.74) is 1.86. The van der Waals surface area contributed by atoms with Crippen LogP contribution in [0.1, 0.15) is 52.2 Å². The third-order valence-electron chi connectivity index (χ3n) is 8.52. The Morgan fingerprint density at radius 1 is 0.979 bits per heavy atom. The van der Waals surface area contributed by atoms with E-state index in [1.807, 2.05) is 45.9 Å². The Morgan fingerprint density at radius 2 is 1.74 bits per heavy atom. The SMILES string of the molecule is Cc1c(-c2cc(Nc3ccc(OC(C)(C)CN4CCC4)cn3)c(=O)n(C)n2)cccc1-n1ncc2cc(C(C)(C)C)cc(F)c2c1=O. The van der Waals surface area contributed by atoms with E-state index < -0.39 is 11.4 Å². The number of hydrogen-bond acceptors (Lipinski definition) is 8. The number of nitrogens with one attached hydrogen (secondary N) is 1. The van der Waals surface area contributed by atoms with E-state index in [1.54, 1.807) is 37.5 Å². The second-order valence-corrected chi connectivity index (χ2v) is 13.9. The van der Waals surface area contributed by atoms with Crippen LogP contribution in [0.3, 0.4) is 0 Å². The highest BCUT2D eigenvalue weighted by Crippen LogP contribution is 2.30. The average molecular weight is 638 g/mol. The quantitative estimate of drug-likeness (QED) is 0.224. The van der Waals surface area contributed by atoms with Crippen molar-refractivity contribution in [2.24, 2.45) is 7.05 Å². The minimum Gasteiger partial charge on any atom is -0.485 e. The fourth-order valence-electron chi connectivity index (χ4n) is 5.88. The van der Waals surface area contributed by atoms with Gasteiger partial charge in [0.1, 0.15) is 28.7 Å². The molecule has 0 spiro atoms. The van der Waals surface area contributed by atoms with Crippen molar-refractivity contribution in [2.45, 2.75) is 59.0 Å². The van der Waals surface area contributed by atoms with Crippen LogP contribution in [0.2, 0.25) is 0 Å². The van der Waals surface area contributed by atoms with Crippen LogP contribution in [0.15, 0.2) is 70.5 Å². The largest absolute Gasteiger partial charge is 0.485 e. The van der Waals surface area contributed by atoms with Gasteiger partial charge in [-0.2, -0.15) is 14.9 Å². The standard InChI is InChI=1S/C36H40FN7O3/c1-22-26(10-8-11-30(22)44-34(46)32-23(19-39-44)16-24(17-27(32)37)35(2,3)4)28-18-29(33(45)42(7)41-28)40-31-13-12-25(20-38-31)47-36(5,6)21-43-14-9-15-43/h8,10-13,16-20H,9,14-15,21H2,1-7H3,(H,38,40). The van der Waals surface area contributed by atoms with Crippen molar-refractivity contribution in [1.29, 1.82) is 0 Å². The molecule has 0 radical (unpaired) electrons. The molecular weight excluding hydrogens is 597 g/mol. The second-order valence-electron chi connectivity index (χ2n) is 13.9. The van der Waals surface area contributed by atoms with E-state index >= 15 is 4.39 Å². The van der Waals surface area contributed by atoms with E-state index in [-0.39, 0.29) is 27.6 Å². The normalized spacial score (nSPS) is 13.9. The van der Waals surface area contributed by atoms with Gasteiger partial charge in [-0.15, -0.1) is 0 Å². The molecule has 1 aliphatic rings. The summed E-state index contributed by atoms with van der Waals surface area (Å²) in [4.78, 5) is 33.5. The molecule has 0 aliphatic carbocycles. The first-order chi connectivity index (χ1) is 22.2. The molecule has 244 valence electrons. The Bertz CT molecular complexity index is 2090. The van der Waals surface area contributed by atoms with Crippen LogP contribution in [0, 0.1) is 12.7 Å². The Hall–Kier alpha value is -4.90. The van der Waals surface area contributed by atoms with Crippen molar-refractivity contribution < 1.29 is 9.13 Å². The molecule has 0 saturated carbocycles. The summed E-state index contributed by atoms with van der Waals surface area (Å²) in [5.74, 6) is 0.534. The van der Waals surface area contributed by atoms with E-state index in [2.05, 4.69) is 39.2 Å². The summed E-state index contributed by atoms with van der Waals surface area (Å²) in [6.07, 6.45) is 4.38. The first kappa shape index (κ1) is 32.1. The monoisotopic (exact) mass is 637 g/mol. The molecule has 1 aliphatic heterocycles. The highest BCUT2D eigenvalue weighted by atomic mass is 19.1. The number of benzene rings is 2. The van der Waals surface area contributed by atoms with Gasteiger partial charge >= 0.3 is 0 Å². The zero-order chi connectivity index (χ0) is 33.7. The molecular formula is C36H40FN7O3. The van der Waals surface area contributed by atoms with E-state index in [4.69, 9.17) is 4.74 Å². The van der Waals surface area contributed by atoms with Gasteiger partial charge in [0.2, 0.25) is 0 Å². The number of hydrogen-bond donors (Lipinski definition) is 1. The predicted molar refractivity (Wildman–Crippen MR) is 182 cm³/mol. The zero-order valence-electron chi connectivity index (χ0n) is 27.9. The lowest BCUT2D eigenvalue weighted by molar-refractivity contribution is 0.0350. The van der Waals surface area contributed by atoms with E-state index in [0.717, 1.165) is 25.2 Å². The van der Waals surface area contributed by atoms with Crippen LogP contribution in [-0.2, 0) is 12.5 Å². The summed E-state index contributed by atoms with van der Waals surface area (Å²) in [6.45, 7) is 15.0. The topological polar surface area (TPSA) is 107 Å². The van der Waals surface area contributed by atoms with Gasteiger partial charge < -0.3 is 10.1 Å². The van der Waals surface area contributed by atoms with Gasteiger partial charge in [0.25, 0.3) is 11.1 Å². The lowest BCUT2D eigenvalue weighted by Gasteiger charge is -2.38. The van der Waals surface area contributed by atoms with Crippen molar-refractivity contribution >= 4 is 22.3 Å². The van der Waals surface area contributed by atoms with Gasteiger partial charge in [-0.05, 0) is 93.2 Å². The van der Waals surface area contributed by atoms with Crippen molar-refractivity contribution in [3.8, 4) is 22.7 Å². The molecule has 5 aromatic rings. The van der Waals surface area contributed by atoms with Crippen molar-refractivity contribution in [3.63, 3.8) is 0 Å². The molecule has 0 amide bonds. The smallest absolute Gasteiger partial charge is 0.290 e. The second kappa shape index (κ2) is 12.0. The molecule has 2 aromatic carbocycles. The van der Waals surface area contributed by atoms with Gasteiger partial charge in [0, 0.05) is 24.5 Å². The molecule has 11 heteroatoms. The third-order valence-corrected chi connectivity index (χ3v) is 8.52. The number of anilines is 2. The summed E-state index contributed by atoms with van der Waals surface area (Å²) in [6, 6.07) is 13.9. The average Bonchev–Trinajstić information content (AvgIpc) is 2.98. The van der Waals surface area contributed by atoms with E-state index in [1.165, 1.54) is 28.0 Å². The number of ether oxygens (including phenoxy) is 1. The maximum absolute atomic E-state index is 15.3. The molecule has 1 saturated heterocycles. The molecule has 0 bridgehead atoms. The van der Waals surface area contributed by atoms with Gasteiger partial charge in [-0.3, -0.25) is 14.5 Å². The number of nitrogens with zero attached hydrogens (tertiary/aromatic N) is 6. The van der Waals surface area contributed by atoms with E-state index in [0.29, 0.717) is 39.5 Å². The third kappa shape index (κ3) is 6.53. The van der Waals surface area contributed by atoms with Crippen molar-refractivity contribution in [3.05, 3.63) is 98.6 Å². The van der Waals surface area contributed by atoms with E-state index in [9.17, 15) is 9.59 Å². The number of likely N-dealkylation sites (tertiary alicyclic amines) is 1. The fraction of sp³-hybridized carbons (Fsp3) is 0.361. The predicted octanol–water partition coefficient (Wildman–Crippen LogP) is 5.89. The highest BCUT2D eigenvalue weighted by molar-refractivity contribution is 5.83. The lowest BCUT2D eigenvalue weighted by atomic mass is 9.86. The molecule has 3 aromatic heterocycles. The van der Waals surface area contributed by atoms with Crippen LogP contribution in [0.25, 0.3) is 27.7 Å². The number of aromatic nitrogens is 5. The number of halogens is 1. The number of aryl methyl sites for hydroxylation is 1. The van der Waals surface area contributed by atoms with Crippen LogP contribution < -0.4 is 21.2 Å². The van der Waals surface area contributed by atoms with Gasteiger partial charge in [0.15, 0.2) is 0 Å². The summed E-state index contributed by atoms with van der Waals surface area (Å²) in [7, 11) is 1.57. The molecule has 6 rings (SSSR count). The van der Waals surface area contributed by atoms with Crippen LogP contribution in [0.5, 0.6) is 5.75 Å². The van der Waals surface area contributed by atoms with Crippen LogP contribution in [-0.4, -0.2) is 54.7 Å². The first-order valence-electron chi connectivity index (χ1n) is 15.8. The summed E-state index contributed by atoms with van der Waals surface area (Å²) < 4.78 is 24.0.